The Hall–Kier alpha value is -0.760. The third kappa shape index (κ3) is 5.50. The highest BCUT2D eigenvalue weighted by molar-refractivity contribution is 8.13. The molecule has 0 spiro atoms. The molecular weight excluding hydrogens is 329 g/mol. The second-order valence-corrected chi connectivity index (χ2v) is 6.08. The van der Waals surface area contributed by atoms with Crippen LogP contribution in [0.25, 0.3) is 0 Å². The molecule has 8 heteroatoms. The third-order valence-corrected chi connectivity index (χ3v) is 3.80. The van der Waals surface area contributed by atoms with E-state index in [0.29, 0.717) is 0 Å². The number of aliphatic hydroxyl groups excluding tert-OH is 2. The summed E-state index contributed by atoms with van der Waals surface area (Å²) in [5.41, 5.74) is -1.52. The van der Waals surface area contributed by atoms with Gasteiger partial charge in [0, 0.05) is 17.7 Å². The predicted molar refractivity (Wildman–Crippen MR) is 75.2 cm³/mol. The molecule has 1 aromatic rings. The highest BCUT2D eigenvalue weighted by Crippen LogP contribution is 2.37. The first-order valence-corrected chi connectivity index (χ1v) is 7.35. The van der Waals surface area contributed by atoms with Crippen LogP contribution in [0, 0.1) is 0 Å². The predicted octanol–water partition coefficient (Wildman–Crippen LogP) is 3.42. The van der Waals surface area contributed by atoms with E-state index in [1.165, 1.54) is 6.92 Å². The molecule has 1 rings (SSSR count). The fourth-order valence-electron chi connectivity index (χ4n) is 1.72. The van der Waals surface area contributed by atoms with Crippen LogP contribution in [-0.2, 0) is 11.0 Å². The van der Waals surface area contributed by atoms with E-state index in [4.69, 9.17) is 11.6 Å². The van der Waals surface area contributed by atoms with E-state index in [0.717, 1.165) is 30.0 Å². The standard InChI is InChI=1S/C13H14ClF3O3S/c1-7(18)21-5-4-11(19)12(20)9-6-8(14)2-3-10(9)13(15,16)17/h2-3,6,11-12,19-20H,4-5H2,1H3. The summed E-state index contributed by atoms with van der Waals surface area (Å²) in [5.74, 6) is 0.204. The van der Waals surface area contributed by atoms with Crippen LogP contribution in [0.15, 0.2) is 18.2 Å². The van der Waals surface area contributed by atoms with Gasteiger partial charge in [0.15, 0.2) is 5.12 Å². The first-order valence-electron chi connectivity index (χ1n) is 5.99. The van der Waals surface area contributed by atoms with Gasteiger partial charge in [0.05, 0.1) is 11.7 Å². The van der Waals surface area contributed by atoms with Crippen LogP contribution < -0.4 is 0 Å². The lowest BCUT2D eigenvalue weighted by Crippen LogP contribution is -2.22. The average molecular weight is 343 g/mol. The van der Waals surface area contributed by atoms with Crippen molar-refractivity contribution in [1.29, 1.82) is 0 Å². The maximum absolute atomic E-state index is 12.9. The number of alkyl halides is 3. The van der Waals surface area contributed by atoms with Gasteiger partial charge in [0.1, 0.15) is 6.10 Å². The summed E-state index contributed by atoms with van der Waals surface area (Å²) in [6, 6.07) is 2.81. The quantitative estimate of drug-likeness (QED) is 0.861. The van der Waals surface area contributed by atoms with Gasteiger partial charge in [-0.15, -0.1) is 0 Å². The number of aliphatic hydroxyl groups is 2. The zero-order valence-corrected chi connectivity index (χ0v) is 12.6. The second-order valence-electron chi connectivity index (χ2n) is 4.37. The van der Waals surface area contributed by atoms with Crippen molar-refractivity contribution in [2.75, 3.05) is 5.75 Å². The molecule has 2 atom stereocenters. The molecule has 0 aliphatic carbocycles. The Morgan fingerprint density at radius 3 is 2.52 bits per heavy atom. The number of halogens is 4. The van der Waals surface area contributed by atoms with Crippen LogP contribution in [0.4, 0.5) is 13.2 Å². The fraction of sp³-hybridized carbons (Fsp3) is 0.462. The van der Waals surface area contributed by atoms with Gasteiger partial charge in [0.25, 0.3) is 0 Å². The summed E-state index contributed by atoms with van der Waals surface area (Å²) < 4.78 is 38.6. The van der Waals surface area contributed by atoms with Gasteiger partial charge in [-0.25, -0.2) is 0 Å². The van der Waals surface area contributed by atoms with Crippen molar-refractivity contribution in [3.63, 3.8) is 0 Å². The summed E-state index contributed by atoms with van der Waals surface area (Å²) in [5, 5.41) is 19.6. The van der Waals surface area contributed by atoms with Crippen LogP contribution in [-0.4, -0.2) is 27.2 Å². The molecule has 0 heterocycles. The Bertz CT molecular complexity index is 508. The SMILES string of the molecule is CC(=O)SCCC(O)C(O)c1cc(Cl)ccc1C(F)(F)F. The minimum Gasteiger partial charge on any atom is -0.390 e. The van der Waals surface area contributed by atoms with E-state index >= 15 is 0 Å². The Balaban J connectivity index is 2.92. The fourth-order valence-corrected chi connectivity index (χ4v) is 2.55. The Kier molecular flexibility index (Phi) is 6.52. The third-order valence-electron chi connectivity index (χ3n) is 2.72. The van der Waals surface area contributed by atoms with Crippen LogP contribution in [0.1, 0.15) is 30.6 Å². The molecule has 2 N–H and O–H groups in total. The van der Waals surface area contributed by atoms with Crippen molar-refractivity contribution >= 4 is 28.5 Å². The molecule has 0 fully saturated rings. The van der Waals surface area contributed by atoms with Gasteiger partial charge >= 0.3 is 6.18 Å². The Morgan fingerprint density at radius 2 is 2.00 bits per heavy atom. The number of carbonyl (C=O) groups excluding carboxylic acids is 1. The van der Waals surface area contributed by atoms with Crippen LogP contribution >= 0.6 is 23.4 Å². The van der Waals surface area contributed by atoms with E-state index in [2.05, 4.69) is 0 Å². The molecule has 21 heavy (non-hydrogen) atoms. The summed E-state index contributed by atoms with van der Waals surface area (Å²) in [6.45, 7) is 1.34. The molecular formula is C13H14ClF3O3S. The van der Waals surface area contributed by atoms with E-state index in [-0.39, 0.29) is 22.3 Å². The lowest BCUT2D eigenvalue weighted by Gasteiger charge is -2.22. The molecule has 0 bridgehead atoms. The van der Waals surface area contributed by atoms with Crippen LogP contribution in [0.5, 0.6) is 0 Å². The van der Waals surface area contributed by atoms with Gasteiger partial charge in [-0.2, -0.15) is 13.2 Å². The maximum Gasteiger partial charge on any atom is 0.416 e. The zero-order chi connectivity index (χ0) is 16.2. The second kappa shape index (κ2) is 7.49. The van der Waals surface area contributed by atoms with Crippen molar-refractivity contribution in [2.24, 2.45) is 0 Å². The van der Waals surface area contributed by atoms with Crippen molar-refractivity contribution in [3.05, 3.63) is 34.3 Å². The van der Waals surface area contributed by atoms with Crippen molar-refractivity contribution in [1.82, 2.24) is 0 Å². The average Bonchev–Trinajstić information content (AvgIpc) is 2.35. The molecule has 0 aliphatic heterocycles. The summed E-state index contributed by atoms with van der Waals surface area (Å²) in [6.07, 6.45) is -7.83. The summed E-state index contributed by atoms with van der Waals surface area (Å²) >= 11 is 6.58. The van der Waals surface area contributed by atoms with Gasteiger partial charge in [-0.3, -0.25) is 4.79 Å². The molecule has 0 saturated carbocycles. The number of hydrogen-bond acceptors (Lipinski definition) is 4. The minimum atomic E-state index is -4.66. The maximum atomic E-state index is 12.9. The van der Waals surface area contributed by atoms with Crippen molar-refractivity contribution in [2.45, 2.75) is 31.7 Å². The Labute approximate surface area is 129 Å². The molecule has 0 aromatic heterocycles. The molecule has 0 saturated heterocycles. The van der Waals surface area contributed by atoms with Crippen molar-refractivity contribution in [3.8, 4) is 0 Å². The zero-order valence-electron chi connectivity index (χ0n) is 11.0. The minimum absolute atomic E-state index is 0.0186. The number of rotatable bonds is 5. The molecule has 3 nitrogen and oxygen atoms in total. The van der Waals surface area contributed by atoms with E-state index in [1.807, 2.05) is 0 Å². The first-order chi connectivity index (χ1) is 9.62. The monoisotopic (exact) mass is 342 g/mol. The van der Waals surface area contributed by atoms with Crippen LogP contribution in [0.3, 0.4) is 0 Å². The van der Waals surface area contributed by atoms with Gasteiger partial charge in [0.2, 0.25) is 0 Å². The summed E-state index contributed by atoms with van der Waals surface area (Å²) in [7, 11) is 0. The molecule has 2 unspecified atom stereocenters. The highest BCUT2D eigenvalue weighted by Gasteiger charge is 2.36. The first kappa shape index (κ1) is 18.3. The van der Waals surface area contributed by atoms with E-state index < -0.39 is 29.5 Å². The van der Waals surface area contributed by atoms with E-state index in [9.17, 15) is 28.2 Å². The lowest BCUT2D eigenvalue weighted by molar-refractivity contribution is -0.139. The van der Waals surface area contributed by atoms with E-state index in [1.54, 1.807) is 0 Å². The Morgan fingerprint density at radius 1 is 1.38 bits per heavy atom. The number of benzene rings is 1. The van der Waals surface area contributed by atoms with Crippen LogP contribution in [0.2, 0.25) is 5.02 Å². The topological polar surface area (TPSA) is 57.5 Å². The van der Waals surface area contributed by atoms with Gasteiger partial charge in [-0.05, 0) is 30.2 Å². The molecule has 0 radical (unpaired) electrons. The highest BCUT2D eigenvalue weighted by atomic mass is 35.5. The smallest absolute Gasteiger partial charge is 0.390 e. The van der Waals surface area contributed by atoms with Crippen molar-refractivity contribution < 1.29 is 28.2 Å². The lowest BCUT2D eigenvalue weighted by atomic mass is 9.97. The van der Waals surface area contributed by atoms with Gasteiger partial charge < -0.3 is 10.2 Å². The molecule has 118 valence electrons. The largest absolute Gasteiger partial charge is 0.416 e. The molecule has 0 amide bonds. The number of thioether (sulfide) groups is 1. The molecule has 1 aromatic carbocycles. The van der Waals surface area contributed by atoms with Gasteiger partial charge in [-0.1, -0.05) is 23.4 Å². The number of carbonyl (C=O) groups is 1. The number of hydrogen-bond donors (Lipinski definition) is 2. The normalized spacial score (nSPS) is 14.8. The molecule has 0 aliphatic rings. The summed E-state index contributed by atoms with van der Waals surface area (Å²) in [4.78, 5) is 10.7.